The largest absolute Gasteiger partial charge is 0.346 e. The zero-order valence-electron chi connectivity index (χ0n) is 17.4. The van der Waals surface area contributed by atoms with Crippen LogP contribution >= 0.6 is 0 Å². The van der Waals surface area contributed by atoms with Crippen LogP contribution in [0.15, 0.2) is 47.4 Å². The molecule has 0 radical (unpaired) electrons. The third-order valence-electron chi connectivity index (χ3n) is 5.62. The minimum atomic E-state index is -3.58. The van der Waals surface area contributed by atoms with Gasteiger partial charge in [0, 0.05) is 18.7 Å². The third-order valence-corrected chi connectivity index (χ3v) is 7.66. The molecule has 1 atom stereocenters. The SMILES string of the molecule is CCc1ccc([C@H](C)NC(=O)c2ccc(C)c(S(=O)(=O)N3CCCCC3)c2)cc1. The van der Waals surface area contributed by atoms with Crippen LogP contribution in [0.1, 0.15) is 66.2 Å². The quantitative estimate of drug-likeness (QED) is 0.769. The summed E-state index contributed by atoms with van der Waals surface area (Å²) in [6.07, 6.45) is 3.79. The van der Waals surface area contributed by atoms with Crippen LogP contribution in [0.4, 0.5) is 0 Å². The van der Waals surface area contributed by atoms with E-state index in [1.807, 2.05) is 19.1 Å². The fourth-order valence-electron chi connectivity index (χ4n) is 3.67. The van der Waals surface area contributed by atoms with Gasteiger partial charge in [0.15, 0.2) is 0 Å². The van der Waals surface area contributed by atoms with Crippen molar-refractivity contribution in [1.29, 1.82) is 0 Å². The monoisotopic (exact) mass is 414 g/mol. The molecule has 1 heterocycles. The Hall–Kier alpha value is -2.18. The number of aryl methyl sites for hydroxylation is 2. The van der Waals surface area contributed by atoms with Crippen LogP contribution in [-0.2, 0) is 16.4 Å². The first kappa shape index (κ1) is 21.5. The number of nitrogens with one attached hydrogen (secondary N) is 1. The van der Waals surface area contributed by atoms with Gasteiger partial charge in [-0.3, -0.25) is 4.79 Å². The van der Waals surface area contributed by atoms with Crippen molar-refractivity contribution in [3.8, 4) is 0 Å². The smallest absolute Gasteiger partial charge is 0.251 e. The molecule has 0 spiro atoms. The summed E-state index contributed by atoms with van der Waals surface area (Å²) in [6, 6.07) is 12.9. The molecule has 156 valence electrons. The summed E-state index contributed by atoms with van der Waals surface area (Å²) in [5, 5.41) is 2.98. The fraction of sp³-hybridized carbons (Fsp3) is 0.435. The highest BCUT2D eigenvalue weighted by atomic mass is 32.2. The number of hydrogen-bond donors (Lipinski definition) is 1. The molecule has 5 nitrogen and oxygen atoms in total. The van der Waals surface area contributed by atoms with Crippen molar-refractivity contribution in [3.05, 3.63) is 64.7 Å². The maximum Gasteiger partial charge on any atom is 0.251 e. The fourth-order valence-corrected chi connectivity index (χ4v) is 5.44. The molecule has 2 aromatic carbocycles. The molecule has 1 aliphatic rings. The van der Waals surface area contributed by atoms with Crippen molar-refractivity contribution in [3.63, 3.8) is 0 Å². The summed E-state index contributed by atoms with van der Waals surface area (Å²) in [6.45, 7) is 6.90. The molecule has 1 amide bonds. The topological polar surface area (TPSA) is 66.5 Å². The van der Waals surface area contributed by atoms with Gasteiger partial charge in [-0.15, -0.1) is 0 Å². The molecule has 3 rings (SSSR count). The molecule has 0 unspecified atom stereocenters. The molecule has 0 saturated carbocycles. The lowest BCUT2D eigenvalue weighted by molar-refractivity contribution is 0.0939. The Labute approximate surface area is 174 Å². The standard InChI is InChI=1S/C23H30N2O3S/c1-4-19-9-12-20(13-10-19)18(3)24-23(26)21-11-8-17(2)22(16-21)29(27,28)25-14-6-5-7-15-25/h8-13,16,18H,4-7,14-15H2,1-3H3,(H,24,26)/t18-/m0/s1. The predicted octanol–water partition coefficient (Wildman–Crippen LogP) is 4.22. The molecular weight excluding hydrogens is 384 g/mol. The van der Waals surface area contributed by atoms with Crippen LogP contribution in [0.25, 0.3) is 0 Å². The number of amides is 1. The molecule has 1 aliphatic heterocycles. The van der Waals surface area contributed by atoms with Crippen molar-refractivity contribution in [2.75, 3.05) is 13.1 Å². The Kier molecular flexibility index (Phi) is 6.75. The Morgan fingerprint density at radius 1 is 1.07 bits per heavy atom. The van der Waals surface area contributed by atoms with E-state index < -0.39 is 10.0 Å². The Morgan fingerprint density at radius 3 is 2.34 bits per heavy atom. The van der Waals surface area contributed by atoms with Gasteiger partial charge >= 0.3 is 0 Å². The zero-order valence-corrected chi connectivity index (χ0v) is 18.3. The van der Waals surface area contributed by atoms with Gasteiger partial charge in [-0.05, 0) is 61.9 Å². The van der Waals surface area contributed by atoms with E-state index in [-0.39, 0.29) is 16.8 Å². The van der Waals surface area contributed by atoms with E-state index in [1.165, 1.54) is 11.6 Å². The summed E-state index contributed by atoms with van der Waals surface area (Å²) >= 11 is 0. The highest BCUT2D eigenvalue weighted by Crippen LogP contribution is 2.25. The molecule has 1 saturated heterocycles. The second kappa shape index (κ2) is 9.09. The van der Waals surface area contributed by atoms with Gasteiger partial charge in [0.05, 0.1) is 10.9 Å². The number of hydrogen-bond acceptors (Lipinski definition) is 3. The Balaban J connectivity index is 1.79. The normalized spacial score (nSPS) is 16.4. The van der Waals surface area contributed by atoms with Crippen molar-refractivity contribution < 1.29 is 13.2 Å². The maximum atomic E-state index is 13.1. The Bertz CT molecular complexity index is 962. The molecule has 0 bridgehead atoms. The second-order valence-corrected chi connectivity index (χ2v) is 9.64. The molecule has 2 aromatic rings. The maximum absolute atomic E-state index is 13.1. The lowest BCUT2D eigenvalue weighted by atomic mass is 10.0. The van der Waals surface area contributed by atoms with E-state index in [0.29, 0.717) is 24.2 Å². The molecular formula is C23H30N2O3S. The van der Waals surface area contributed by atoms with Crippen molar-refractivity contribution in [2.45, 2.75) is 57.4 Å². The predicted molar refractivity (Wildman–Crippen MR) is 115 cm³/mol. The van der Waals surface area contributed by atoms with Gasteiger partial charge in [-0.1, -0.05) is 43.7 Å². The van der Waals surface area contributed by atoms with Crippen LogP contribution in [0.2, 0.25) is 0 Å². The van der Waals surface area contributed by atoms with E-state index >= 15 is 0 Å². The number of piperidine rings is 1. The van der Waals surface area contributed by atoms with Crippen LogP contribution in [-0.4, -0.2) is 31.7 Å². The van der Waals surface area contributed by atoms with Crippen LogP contribution in [0.3, 0.4) is 0 Å². The summed E-state index contributed by atoms with van der Waals surface area (Å²) in [5.41, 5.74) is 3.29. The number of carbonyl (C=O) groups excluding carboxylic acids is 1. The van der Waals surface area contributed by atoms with Crippen molar-refractivity contribution >= 4 is 15.9 Å². The summed E-state index contributed by atoms with van der Waals surface area (Å²) in [5.74, 6) is -0.271. The summed E-state index contributed by atoms with van der Waals surface area (Å²) in [7, 11) is -3.58. The lowest BCUT2D eigenvalue weighted by Gasteiger charge is -2.26. The molecule has 1 N–H and O–H groups in total. The molecule has 6 heteroatoms. The number of nitrogens with zero attached hydrogens (tertiary/aromatic N) is 1. The summed E-state index contributed by atoms with van der Waals surface area (Å²) in [4.78, 5) is 13.0. The first-order chi connectivity index (χ1) is 13.8. The first-order valence-corrected chi connectivity index (χ1v) is 11.8. The number of carbonyl (C=O) groups is 1. The van der Waals surface area contributed by atoms with E-state index in [2.05, 4.69) is 24.4 Å². The third kappa shape index (κ3) is 4.87. The first-order valence-electron chi connectivity index (χ1n) is 10.3. The highest BCUT2D eigenvalue weighted by Gasteiger charge is 2.28. The van der Waals surface area contributed by atoms with Crippen LogP contribution < -0.4 is 5.32 Å². The van der Waals surface area contributed by atoms with Gasteiger partial charge in [-0.25, -0.2) is 8.42 Å². The van der Waals surface area contributed by atoms with E-state index in [0.717, 1.165) is 31.2 Å². The van der Waals surface area contributed by atoms with Gasteiger partial charge in [-0.2, -0.15) is 4.31 Å². The highest BCUT2D eigenvalue weighted by molar-refractivity contribution is 7.89. The molecule has 1 fully saturated rings. The molecule has 29 heavy (non-hydrogen) atoms. The van der Waals surface area contributed by atoms with E-state index in [9.17, 15) is 13.2 Å². The molecule has 0 aromatic heterocycles. The van der Waals surface area contributed by atoms with Gasteiger partial charge in [0.25, 0.3) is 5.91 Å². The van der Waals surface area contributed by atoms with E-state index in [1.54, 1.807) is 23.4 Å². The average molecular weight is 415 g/mol. The van der Waals surface area contributed by atoms with Crippen molar-refractivity contribution in [1.82, 2.24) is 9.62 Å². The summed E-state index contributed by atoms with van der Waals surface area (Å²) < 4.78 is 27.7. The average Bonchev–Trinajstić information content (AvgIpc) is 2.74. The number of benzene rings is 2. The lowest BCUT2D eigenvalue weighted by Crippen LogP contribution is -2.36. The molecule has 0 aliphatic carbocycles. The van der Waals surface area contributed by atoms with Gasteiger partial charge in [0.2, 0.25) is 10.0 Å². The minimum absolute atomic E-state index is 0.170. The van der Waals surface area contributed by atoms with Gasteiger partial charge in [0.1, 0.15) is 0 Å². The van der Waals surface area contributed by atoms with E-state index in [4.69, 9.17) is 0 Å². The Morgan fingerprint density at radius 2 is 1.72 bits per heavy atom. The van der Waals surface area contributed by atoms with Crippen LogP contribution in [0.5, 0.6) is 0 Å². The van der Waals surface area contributed by atoms with Crippen LogP contribution in [0, 0.1) is 6.92 Å². The minimum Gasteiger partial charge on any atom is -0.346 e. The second-order valence-electron chi connectivity index (χ2n) is 7.74. The number of rotatable bonds is 6. The number of sulfonamides is 1. The van der Waals surface area contributed by atoms with Crippen molar-refractivity contribution in [2.24, 2.45) is 0 Å². The van der Waals surface area contributed by atoms with Gasteiger partial charge < -0.3 is 5.32 Å². The zero-order chi connectivity index (χ0) is 21.0.